The van der Waals surface area contributed by atoms with Crippen LogP contribution in [0.25, 0.3) is 0 Å². The third-order valence-corrected chi connectivity index (χ3v) is 3.17. The molecule has 2 aliphatic heterocycles. The van der Waals surface area contributed by atoms with Gasteiger partial charge in [-0.15, -0.1) is 0 Å². The van der Waals surface area contributed by atoms with E-state index in [1.165, 1.54) is 43.6 Å². The van der Waals surface area contributed by atoms with Crippen LogP contribution in [-0.4, -0.2) is 32.2 Å². The number of rotatable bonds is 2. The van der Waals surface area contributed by atoms with Crippen molar-refractivity contribution in [1.29, 1.82) is 0 Å². The normalized spacial score (nSPS) is 25.2. The van der Waals surface area contributed by atoms with Crippen LogP contribution in [0.2, 0.25) is 0 Å². The second kappa shape index (κ2) is 4.80. The van der Waals surface area contributed by atoms with Gasteiger partial charge in [0.25, 0.3) is 0 Å². The summed E-state index contributed by atoms with van der Waals surface area (Å²) in [6.45, 7) is 6.76. The minimum atomic E-state index is 0.708. The molecule has 0 spiro atoms. The summed E-state index contributed by atoms with van der Waals surface area (Å²) in [5.74, 6) is 0. The average Bonchev–Trinajstić information content (AvgIpc) is 2.23. The lowest BCUT2D eigenvalue weighted by Crippen LogP contribution is -2.41. The number of hydrogen-bond donors (Lipinski definition) is 3. The van der Waals surface area contributed by atoms with Gasteiger partial charge in [-0.2, -0.15) is 0 Å². The Morgan fingerprint density at radius 1 is 1.14 bits per heavy atom. The first-order valence-corrected chi connectivity index (χ1v) is 5.73. The summed E-state index contributed by atoms with van der Waals surface area (Å²) >= 11 is 0. The van der Waals surface area contributed by atoms with Gasteiger partial charge in [-0.25, -0.2) is 0 Å². The van der Waals surface area contributed by atoms with E-state index in [9.17, 15) is 0 Å². The molecule has 0 bridgehead atoms. The van der Waals surface area contributed by atoms with Gasteiger partial charge in [0, 0.05) is 24.8 Å². The quantitative estimate of drug-likeness (QED) is 0.604. The van der Waals surface area contributed by atoms with Crippen LogP contribution in [0, 0.1) is 0 Å². The van der Waals surface area contributed by atoms with Crippen molar-refractivity contribution in [3.05, 3.63) is 11.3 Å². The molecule has 0 saturated carbocycles. The van der Waals surface area contributed by atoms with Crippen molar-refractivity contribution >= 4 is 0 Å². The first-order valence-electron chi connectivity index (χ1n) is 5.73. The fourth-order valence-electron chi connectivity index (χ4n) is 2.22. The highest BCUT2D eigenvalue weighted by atomic mass is 15.0. The maximum atomic E-state index is 3.71. The molecule has 0 aliphatic carbocycles. The van der Waals surface area contributed by atoms with Gasteiger partial charge in [-0.05, 0) is 44.8 Å². The SMILES string of the molecule is CC1=C(NC2CCNCC2)CCNC1. The molecule has 0 aromatic heterocycles. The third kappa shape index (κ3) is 2.49. The van der Waals surface area contributed by atoms with Gasteiger partial charge < -0.3 is 16.0 Å². The Bertz CT molecular complexity index is 217. The maximum Gasteiger partial charge on any atom is 0.0282 e. The lowest BCUT2D eigenvalue weighted by molar-refractivity contribution is 0.402. The molecule has 0 amide bonds. The van der Waals surface area contributed by atoms with E-state index in [1.807, 2.05) is 0 Å². The Morgan fingerprint density at radius 3 is 2.64 bits per heavy atom. The molecule has 1 fully saturated rings. The molecular weight excluding hydrogens is 174 g/mol. The highest BCUT2D eigenvalue weighted by Gasteiger charge is 2.15. The Labute approximate surface area is 86.3 Å². The van der Waals surface area contributed by atoms with E-state index >= 15 is 0 Å². The fourth-order valence-corrected chi connectivity index (χ4v) is 2.22. The van der Waals surface area contributed by atoms with E-state index in [2.05, 4.69) is 22.9 Å². The maximum absolute atomic E-state index is 3.71. The number of piperidine rings is 1. The van der Waals surface area contributed by atoms with Gasteiger partial charge in [-0.3, -0.25) is 0 Å². The summed E-state index contributed by atoms with van der Waals surface area (Å²) in [5, 5.41) is 10.5. The van der Waals surface area contributed by atoms with Crippen LogP contribution < -0.4 is 16.0 Å². The van der Waals surface area contributed by atoms with Crippen LogP contribution in [0.15, 0.2) is 11.3 Å². The van der Waals surface area contributed by atoms with Crippen molar-refractivity contribution in [2.24, 2.45) is 0 Å². The van der Waals surface area contributed by atoms with Crippen molar-refractivity contribution in [3.8, 4) is 0 Å². The summed E-state index contributed by atoms with van der Waals surface area (Å²) in [4.78, 5) is 0. The molecule has 0 atom stereocenters. The summed E-state index contributed by atoms with van der Waals surface area (Å²) in [5.41, 5.74) is 2.99. The molecule has 0 aromatic carbocycles. The van der Waals surface area contributed by atoms with Crippen LogP contribution in [0.1, 0.15) is 26.2 Å². The molecule has 0 aromatic rings. The van der Waals surface area contributed by atoms with E-state index < -0.39 is 0 Å². The average molecular weight is 195 g/mol. The second-order valence-corrected chi connectivity index (χ2v) is 4.35. The van der Waals surface area contributed by atoms with Crippen LogP contribution >= 0.6 is 0 Å². The number of nitrogens with one attached hydrogen (secondary N) is 3. The van der Waals surface area contributed by atoms with Gasteiger partial charge >= 0.3 is 0 Å². The zero-order valence-corrected chi connectivity index (χ0v) is 9.03. The van der Waals surface area contributed by atoms with Crippen molar-refractivity contribution < 1.29 is 0 Å². The molecule has 80 valence electrons. The summed E-state index contributed by atoms with van der Waals surface area (Å²) < 4.78 is 0. The van der Waals surface area contributed by atoms with Crippen LogP contribution in [-0.2, 0) is 0 Å². The van der Waals surface area contributed by atoms with E-state index in [0.717, 1.165) is 13.1 Å². The summed E-state index contributed by atoms with van der Waals surface area (Å²) in [6.07, 6.45) is 3.71. The molecule has 3 heteroatoms. The van der Waals surface area contributed by atoms with Crippen molar-refractivity contribution in [2.75, 3.05) is 26.2 Å². The lowest BCUT2D eigenvalue weighted by atomic mass is 10.0. The molecule has 2 aliphatic rings. The highest BCUT2D eigenvalue weighted by Crippen LogP contribution is 2.12. The van der Waals surface area contributed by atoms with Gasteiger partial charge in [0.2, 0.25) is 0 Å². The van der Waals surface area contributed by atoms with Gasteiger partial charge in [0.05, 0.1) is 0 Å². The molecule has 14 heavy (non-hydrogen) atoms. The van der Waals surface area contributed by atoms with Gasteiger partial charge in [0.15, 0.2) is 0 Å². The van der Waals surface area contributed by atoms with Crippen molar-refractivity contribution in [3.63, 3.8) is 0 Å². The third-order valence-electron chi connectivity index (χ3n) is 3.17. The second-order valence-electron chi connectivity index (χ2n) is 4.35. The minimum Gasteiger partial charge on any atom is -0.385 e. The first-order chi connectivity index (χ1) is 6.86. The predicted octanol–water partition coefficient (Wildman–Crippen LogP) is 0.595. The Kier molecular flexibility index (Phi) is 3.43. The molecule has 0 unspecified atom stereocenters. The zero-order chi connectivity index (χ0) is 9.80. The van der Waals surface area contributed by atoms with E-state index in [4.69, 9.17) is 0 Å². The topological polar surface area (TPSA) is 36.1 Å². The Morgan fingerprint density at radius 2 is 1.93 bits per heavy atom. The van der Waals surface area contributed by atoms with E-state index in [0.29, 0.717) is 6.04 Å². The van der Waals surface area contributed by atoms with Crippen LogP contribution in [0.3, 0.4) is 0 Å². The highest BCUT2D eigenvalue weighted by molar-refractivity contribution is 5.15. The van der Waals surface area contributed by atoms with Crippen LogP contribution in [0.5, 0.6) is 0 Å². The predicted molar refractivity (Wildman–Crippen MR) is 59.2 cm³/mol. The summed E-state index contributed by atoms with van der Waals surface area (Å²) in [7, 11) is 0. The molecular formula is C11H21N3. The Hall–Kier alpha value is -0.540. The summed E-state index contributed by atoms with van der Waals surface area (Å²) in [6, 6.07) is 0.708. The van der Waals surface area contributed by atoms with Crippen molar-refractivity contribution in [2.45, 2.75) is 32.2 Å². The number of hydrogen-bond acceptors (Lipinski definition) is 3. The lowest BCUT2D eigenvalue weighted by Gasteiger charge is -2.29. The minimum absolute atomic E-state index is 0.708. The van der Waals surface area contributed by atoms with Crippen LogP contribution in [0.4, 0.5) is 0 Å². The molecule has 2 rings (SSSR count). The molecule has 0 radical (unpaired) electrons. The monoisotopic (exact) mass is 195 g/mol. The van der Waals surface area contributed by atoms with E-state index in [-0.39, 0.29) is 0 Å². The zero-order valence-electron chi connectivity index (χ0n) is 9.03. The standard InChI is InChI=1S/C11H21N3/c1-9-8-13-7-4-11(9)14-10-2-5-12-6-3-10/h10,12-14H,2-8H2,1H3. The van der Waals surface area contributed by atoms with E-state index in [1.54, 1.807) is 0 Å². The molecule has 1 saturated heterocycles. The molecule has 2 heterocycles. The van der Waals surface area contributed by atoms with Gasteiger partial charge in [-0.1, -0.05) is 0 Å². The fraction of sp³-hybridized carbons (Fsp3) is 0.818. The van der Waals surface area contributed by atoms with Crippen molar-refractivity contribution in [1.82, 2.24) is 16.0 Å². The first kappa shape index (κ1) is 9.99. The smallest absolute Gasteiger partial charge is 0.0282 e. The Balaban J connectivity index is 1.88. The largest absolute Gasteiger partial charge is 0.385 e. The molecule has 3 nitrogen and oxygen atoms in total. The molecule has 3 N–H and O–H groups in total. The van der Waals surface area contributed by atoms with Gasteiger partial charge in [0.1, 0.15) is 0 Å².